The molecule has 3 rings (SSSR count). The maximum absolute atomic E-state index is 12.0. The van der Waals surface area contributed by atoms with Gasteiger partial charge in [0.15, 0.2) is 0 Å². The summed E-state index contributed by atoms with van der Waals surface area (Å²) < 4.78 is 5.04. The third kappa shape index (κ3) is 4.97. The van der Waals surface area contributed by atoms with E-state index in [0.717, 1.165) is 10.4 Å². The number of anilines is 1. The van der Waals surface area contributed by atoms with Gasteiger partial charge in [-0.2, -0.15) is 0 Å². The smallest absolute Gasteiger partial charge is 0.313 e. The largest absolute Gasteiger partial charge is 0.497 e. The van der Waals surface area contributed by atoms with Crippen LogP contribution in [0.5, 0.6) is 5.75 Å². The summed E-state index contributed by atoms with van der Waals surface area (Å²) >= 11 is 1.64. The standard InChI is InChI=1S/C21H20N2O4S/c1-27-17-10-8-16(9-11-17)23-21(26)20(25)22-13-18(24)14-4-6-15(7-5-14)19-3-2-12-28-19/h2-12,18,24H,13H2,1H3,(H,22,25)(H,23,26). The number of nitrogens with one attached hydrogen (secondary N) is 2. The Balaban J connectivity index is 1.50. The topological polar surface area (TPSA) is 87.7 Å². The highest BCUT2D eigenvalue weighted by Gasteiger charge is 2.16. The van der Waals surface area contributed by atoms with Crippen LogP contribution in [0, 0.1) is 0 Å². The molecule has 0 fully saturated rings. The molecule has 1 aromatic heterocycles. The molecule has 1 unspecified atom stereocenters. The molecule has 28 heavy (non-hydrogen) atoms. The molecule has 0 radical (unpaired) electrons. The van der Waals surface area contributed by atoms with Crippen LogP contribution in [0.15, 0.2) is 66.0 Å². The van der Waals surface area contributed by atoms with Crippen LogP contribution in [0.3, 0.4) is 0 Å². The van der Waals surface area contributed by atoms with Gasteiger partial charge in [-0.15, -0.1) is 11.3 Å². The monoisotopic (exact) mass is 396 g/mol. The summed E-state index contributed by atoms with van der Waals surface area (Å²) in [7, 11) is 1.54. The lowest BCUT2D eigenvalue weighted by Gasteiger charge is -2.13. The van der Waals surface area contributed by atoms with E-state index in [9.17, 15) is 14.7 Å². The molecule has 0 saturated heterocycles. The van der Waals surface area contributed by atoms with Crippen LogP contribution < -0.4 is 15.4 Å². The number of rotatable bonds is 6. The Bertz CT molecular complexity index is 922. The molecule has 144 valence electrons. The molecule has 7 heteroatoms. The van der Waals surface area contributed by atoms with Crippen molar-refractivity contribution in [3.63, 3.8) is 0 Å². The summed E-state index contributed by atoms with van der Waals surface area (Å²) in [5.41, 5.74) is 2.20. The van der Waals surface area contributed by atoms with Crippen LogP contribution in [0.4, 0.5) is 5.69 Å². The summed E-state index contributed by atoms with van der Waals surface area (Å²) in [6.07, 6.45) is -0.907. The summed E-state index contributed by atoms with van der Waals surface area (Å²) in [4.78, 5) is 25.1. The van der Waals surface area contributed by atoms with Crippen LogP contribution in [-0.4, -0.2) is 30.6 Å². The Kier molecular flexibility index (Phi) is 6.41. The van der Waals surface area contributed by atoms with E-state index in [-0.39, 0.29) is 6.54 Å². The predicted molar refractivity (Wildman–Crippen MR) is 109 cm³/mol. The molecule has 6 nitrogen and oxygen atoms in total. The van der Waals surface area contributed by atoms with Gasteiger partial charge < -0.3 is 20.5 Å². The normalized spacial score (nSPS) is 11.5. The first-order valence-electron chi connectivity index (χ1n) is 8.62. The van der Waals surface area contributed by atoms with Gasteiger partial charge in [0.25, 0.3) is 0 Å². The molecule has 1 heterocycles. The van der Waals surface area contributed by atoms with E-state index in [1.807, 2.05) is 41.8 Å². The molecule has 3 aromatic rings. The van der Waals surface area contributed by atoms with E-state index >= 15 is 0 Å². The van der Waals surface area contributed by atoms with Gasteiger partial charge in [0, 0.05) is 17.1 Å². The van der Waals surface area contributed by atoms with Gasteiger partial charge in [0.2, 0.25) is 0 Å². The number of aliphatic hydroxyl groups is 1. The number of methoxy groups -OCH3 is 1. The highest BCUT2D eigenvalue weighted by Crippen LogP contribution is 2.26. The minimum absolute atomic E-state index is 0.0623. The number of thiophene rings is 1. The van der Waals surface area contributed by atoms with Gasteiger partial charge >= 0.3 is 11.8 Å². The number of aliphatic hydroxyl groups excluding tert-OH is 1. The summed E-state index contributed by atoms with van der Waals surface area (Å²) in [6, 6.07) is 18.1. The third-order valence-electron chi connectivity index (χ3n) is 4.11. The molecule has 3 N–H and O–H groups in total. The molecule has 0 aliphatic rings. The molecule has 0 spiro atoms. The zero-order valence-corrected chi connectivity index (χ0v) is 16.0. The number of ether oxygens (including phenoxy) is 1. The quantitative estimate of drug-likeness (QED) is 0.559. The van der Waals surface area contributed by atoms with Gasteiger partial charge in [-0.1, -0.05) is 30.3 Å². The summed E-state index contributed by atoms with van der Waals surface area (Å²) in [6.45, 7) is -0.0623. The van der Waals surface area contributed by atoms with Crippen LogP contribution >= 0.6 is 11.3 Å². The van der Waals surface area contributed by atoms with Crippen molar-refractivity contribution in [1.82, 2.24) is 5.32 Å². The van der Waals surface area contributed by atoms with E-state index in [1.54, 1.807) is 42.7 Å². The molecular weight excluding hydrogens is 376 g/mol. The first-order valence-corrected chi connectivity index (χ1v) is 9.50. The fraction of sp³-hybridized carbons (Fsp3) is 0.143. The molecule has 1 atom stereocenters. The second-order valence-electron chi connectivity index (χ2n) is 6.01. The Hall–Kier alpha value is -3.16. The Morgan fingerprint density at radius 3 is 2.36 bits per heavy atom. The van der Waals surface area contributed by atoms with Crippen molar-refractivity contribution in [1.29, 1.82) is 0 Å². The first-order chi connectivity index (χ1) is 13.6. The lowest BCUT2D eigenvalue weighted by Crippen LogP contribution is -2.37. The van der Waals surface area contributed by atoms with Crippen LogP contribution in [0.1, 0.15) is 11.7 Å². The third-order valence-corrected chi connectivity index (χ3v) is 5.03. The number of amides is 2. The zero-order chi connectivity index (χ0) is 19.9. The predicted octanol–water partition coefficient (Wildman–Crippen LogP) is 3.21. The van der Waals surface area contributed by atoms with Gasteiger partial charge in [0.1, 0.15) is 5.75 Å². The fourth-order valence-corrected chi connectivity index (χ4v) is 3.30. The van der Waals surface area contributed by atoms with E-state index in [2.05, 4.69) is 10.6 Å². The van der Waals surface area contributed by atoms with Crippen LogP contribution in [-0.2, 0) is 9.59 Å². The van der Waals surface area contributed by atoms with E-state index in [0.29, 0.717) is 17.0 Å². The maximum Gasteiger partial charge on any atom is 0.313 e. The lowest BCUT2D eigenvalue weighted by molar-refractivity contribution is -0.136. The second-order valence-corrected chi connectivity index (χ2v) is 6.96. The van der Waals surface area contributed by atoms with Crippen molar-refractivity contribution >= 4 is 28.8 Å². The minimum Gasteiger partial charge on any atom is -0.497 e. The SMILES string of the molecule is COc1ccc(NC(=O)C(=O)NCC(O)c2ccc(-c3cccs3)cc2)cc1. The fourth-order valence-electron chi connectivity index (χ4n) is 2.56. The molecule has 2 aromatic carbocycles. The Morgan fingerprint density at radius 2 is 1.75 bits per heavy atom. The van der Waals surface area contributed by atoms with Crippen molar-refractivity contribution in [3.05, 3.63) is 71.6 Å². The minimum atomic E-state index is -0.907. The van der Waals surface area contributed by atoms with Crippen molar-refractivity contribution in [3.8, 4) is 16.2 Å². The van der Waals surface area contributed by atoms with Gasteiger partial charge in [-0.25, -0.2) is 0 Å². The maximum atomic E-state index is 12.0. The average molecular weight is 396 g/mol. The van der Waals surface area contributed by atoms with Crippen molar-refractivity contribution in [2.24, 2.45) is 0 Å². The van der Waals surface area contributed by atoms with E-state index < -0.39 is 17.9 Å². The number of hydrogen-bond donors (Lipinski definition) is 3. The van der Waals surface area contributed by atoms with Gasteiger partial charge in [0.05, 0.1) is 13.2 Å². The lowest BCUT2D eigenvalue weighted by atomic mass is 10.1. The summed E-state index contributed by atoms with van der Waals surface area (Å²) in [5, 5.41) is 17.2. The van der Waals surface area contributed by atoms with Crippen LogP contribution in [0.2, 0.25) is 0 Å². The summed E-state index contributed by atoms with van der Waals surface area (Å²) in [5.74, 6) is -0.967. The van der Waals surface area contributed by atoms with Crippen LogP contribution in [0.25, 0.3) is 10.4 Å². The van der Waals surface area contributed by atoms with Gasteiger partial charge in [-0.3, -0.25) is 9.59 Å². The molecule has 2 amide bonds. The number of hydrogen-bond acceptors (Lipinski definition) is 5. The van der Waals surface area contributed by atoms with Crippen molar-refractivity contribution in [2.45, 2.75) is 6.10 Å². The Morgan fingerprint density at radius 1 is 1.04 bits per heavy atom. The van der Waals surface area contributed by atoms with Gasteiger partial charge in [-0.05, 0) is 46.8 Å². The highest BCUT2D eigenvalue weighted by molar-refractivity contribution is 7.13. The number of carbonyl (C=O) groups is 2. The zero-order valence-electron chi connectivity index (χ0n) is 15.2. The average Bonchev–Trinajstić information content (AvgIpc) is 3.27. The molecule has 0 aliphatic carbocycles. The number of benzene rings is 2. The van der Waals surface area contributed by atoms with Crippen molar-refractivity contribution in [2.75, 3.05) is 19.0 Å². The molecule has 0 aliphatic heterocycles. The second kappa shape index (κ2) is 9.16. The Labute approximate surface area is 166 Å². The number of carbonyl (C=O) groups excluding carboxylic acids is 2. The first kappa shape index (κ1) is 19.6. The molecule has 0 saturated carbocycles. The van der Waals surface area contributed by atoms with E-state index in [1.165, 1.54) is 0 Å². The molecular formula is C21H20N2O4S. The van der Waals surface area contributed by atoms with Crippen molar-refractivity contribution < 1.29 is 19.4 Å². The van der Waals surface area contributed by atoms with E-state index in [4.69, 9.17) is 4.74 Å². The highest BCUT2D eigenvalue weighted by atomic mass is 32.1. The molecule has 0 bridgehead atoms.